The molecule has 0 bridgehead atoms. The van der Waals surface area contributed by atoms with Crippen LogP contribution in [0.2, 0.25) is 0 Å². The molecule has 10 heteroatoms. The first-order valence-electron chi connectivity index (χ1n) is 12.3. The van der Waals surface area contributed by atoms with Crippen LogP contribution in [0.25, 0.3) is 0 Å². The van der Waals surface area contributed by atoms with Crippen molar-refractivity contribution in [1.82, 2.24) is 14.8 Å². The first-order chi connectivity index (χ1) is 19.0. The van der Waals surface area contributed by atoms with Gasteiger partial charge in [-0.05, 0) is 54.4 Å². The van der Waals surface area contributed by atoms with Crippen LogP contribution in [0.4, 0.5) is 11.6 Å². The van der Waals surface area contributed by atoms with Gasteiger partial charge < -0.3 is 24.8 Å². The Morgan fingerprint density at radius 3 is 2.51 bits per heavy atom. The number of rotatable bonds is 9. The third kappa shape index (κ3) is 5.56. The molecular formula is C29H29N5O4S. The Hall–Kier alpha value is -4.44. The maximum Gasteiger partial charge on any atom is 0.255 e. The lowest BCUT2D eigenvalue weighted by Gasteiger charge is -2.29. The number of ether oxygens (including phenoxy) is 3. The normalized spacial score (nSPS) is 14.3. The van der Waals surface area contributed by atoms with Crippen LogP contribution in [0.5, 0.6) is 17.2 Å². The number of hydrogen-bond acceptors (Lipinski definition) is 8. The summed E-state index contributed by atoms with van der Waals surface area (Å²) in [5, 5.41) is 11.7. The summed E-state index contributed by atoms with van der Waals surface area (Å²) < 4.78 is 18.1. The highest BCUT2D eigenvalue weighted by atomic mass is 32.2. The molecule has 0 radical (unpaired) electrons. The van der Waals surface area contributed by atoms with Crippen molar-refractivity contribution in [1.29, 1.82) is 0 Å². The van der Waals surface area contributed by atoms with Crippen LogP contribution in [-0.2, 0) is 10.5 Å². The Balaban J connectivity index is 1.51. The van der Waals surface area contributed by atoms with Gasteiger partial charge in [-0.2, -0.15) is 4.98 Å². The Bertz CT molecular complexity index is 1520. The zero-order valence-electron chi connectivity index (χ0n) is 22.1. The molecule has 1 amide bonds. The molecule has 3 aromatic carbocycles. The third-order valence-corrected chi connectivity index (χ3v) is 7.24. The van der Waals surface area contributed by atoms with E-state index in [1.165, 1.54) is 11.8 Å². The minimum absolute atomic E-state index is 0.238. The molecular weight excluding hydrogens is 514 g/mol. The minimum atomic E-state index is -0.552. The molecule has 1 atom stereocenters. The van der Waals surface area contributed by atoms with Crippen LogP contribution >= 0.6 is 11.8 Å². The molecule has 1 aromatic heterocycles. The average Bonchev–Trinajstić information content (AvgIpc) is 3.37. The van der Waals surface area contributed by atoms with Crippen LogP contribution in [0.1, 0.15) is 24.1 Å². The van der Waals surface area contributed by atoms with E-state index in [1.807, 2.05) is 79.7 Å². The predicted octanol–water partition coefficient (Wildman–Crippen LogP) is 5.52. The van der Waals surface area contributed by atoms with Crippen LogP contribution < -0.4 is 24.8 Å². The third-order valence-electron chi connectivity index (χ3n) is 6.33. The van der Waals surface area contributed by atoms with E-state index in [2.05, 4.69) is 10.6 Å². The number of aromatic nitrogens is 3. The molecule has 1 aliphatic rings. The molecule has 0 saturated heterocycles. The van der Waals surface area contributed by atoms with Gasteiger partial charge >= 0.3 is 0 Å². The maximum atomic E-state index is 13.7. The van der Waals surface area contributed by atoms with Crippen LogP contribution in [-0.4, -0.2) is 42.0 Å². The molecule has 1 aliphatic heterocycles. The number of allylic oxidation sites excluding steroid dienone is 1. The number of thioether (sulfide) groups is 1. The van der Waals surface area contributed by atoms with E-state index < -0.39 is 6.04 Å². The first-order valence-corrected chi connectivity index (χ1v) is 13.3. The number of fused-ring (bicyclic) bond motifs is 1. The molecule has 4 aromatic rings. The lowest BCUT2D eigenvalue weighted by Crippen LogP contribution is -2.31. The Kier molecular flexibility index (Phi) is 7.74. The van der Waals surface area contributed by atoms with Crippen molar-refractivity contribution in [3.8, 4) is 17.2 Å². The van der Waals surface area contributed by atoms with Crippen LogP contribution in [0.3, 0.4) is 0 Å². The van der Waals surface area contributed by atoms with Gasteiger partial charge in [0.25, 0.3) is 5.91 Å². The molecule has 2 N–H and O–H groups in total. The summed E-state index contributed by atoms with van der Waals surface area (Å²) in [5.41, 5.74) is 3.81. The molecule has 0 fully saturated rings. The molecule has 39 heavy (non-hydrogen) atoms. The first kappa shape index (κ1) is 26.2. The Labute approximate surface area is 231 Å². The van der Waals surface area contributed by atoms with Gasteiger partial charge in [0.15, 0.2) is 11.5 Å². The molecule has 5 rings (SSSR count). The predicted molar refractivity (Wildman–Crippen MR) is 152 cm³/mol. The van der Waals surface area contributed by atoms with E-state index in [9.17, 15) is 4.79 Å². The van der Waals surface area contributed by atoms with E-state index in [0.29, 0.717) is 45.3 Å². The highest BCUT2D eigenvalue weighted by Gasteiger charge is 2.35. The fourth-order valence-electron chi connectivity index (χ4n) is 4.45. The van der Waals surface area contributed by atoms with Gasteiger partial charge in [-0.1, -0.05) is 48.2 Å². The SMILES string of the molecule is COc1cccc(CSc2nc3n(n2)C(c2ccc(OC)c(OC)c2)C(C(=O)Nc2ccccc2)=C(C)N3)c1. The number of carbonyl (C=O) groups excluding carboxylic acids is 1. The second-order valence-corrected chi connectivity index (χ2v) is 9.75. The topological polar surface area (TPSA) is 99.5 Å². The van der Waals surface area contributed by atoms with Crippen molar-refractivity contribution in [3.05, 3.63) is 95.2 Å². The van der Waals surface area contributed by atoms with E-state index in [0.717, 1.165) is 16.9 Å². The monoisotopic (exact) mass is 543 g/mol. The zero-order valence-corrected chi connectivity index (χ0v) is 22.9. The van der Waals surface area contributed by atoms with Crippen molar-refractivity contribution >= 4 is 29.3 Å². The molecule has 0 aliphatic carbocycles. The number of nitrogens with one attached hydrogen (secondary N) is 2. The zero-order chi connectivity index (χ0) is 27.4. The van der Waals surface area contributed by atoms with E-state index in [4.69, 9.17) is 24.3 Å². The van der Waals surface area contributed by atoms with Crippen LogP contribution in [0, 0.1) is 0 Å². The number of benzene rings is 3. The van der Waals surface area contributed by atoms with Gasteiger partial charge in [0.05, 0.1) is 26.9 Å². The molecule has 0 saturated carbocycles. The van der Waals surface area contributed by atoms with Gasteiger partial charge in [-0.3, -0.25) is 4.79 Å². The smallest absolute Gasteiger partial charge is 0.255 e. The number of methoxy groups -OCH3 is 3. The van der Waals surface area contributed by atoms with Gasteiger partial charge in [0, 0.05) is 17.1 Å². The van der Waals surface area contributed by atoms with Crippen molar-refractivity contribution in [3.63, 3.8) is 0 Å². The fourth-order valence-corrected chi connectivity index (χ4v) is 5.22. The van der Waals surface area contributed by atoms with Crippen molar-refractivity contribution in [2.24, 2.45) is 0 Å². The summed E-state index contributed by atoms with van der Waals surface area (Å²) in [7, 11) is 4.83. The molecule has 2 heterocycles. The minimum Gasteiger partial charge on any atom is -0.497 e. The molecule has 200 valence electrons. The molecule has 1 unspecified atom stereocenters. The van der Waals surface area contributed by atoms with Crippen molar-refractivity contribution < 1.29 is 19.0 Å². The summed E-state index contributed by atoms with van der Waals surface area (Å²) in [6.45, 7) is 1.87. The highest BCUT2D eigenvalue weighted by Crippen LogP contribution is 2.40. The summed E-state index contributed by atoms with van der Waals surface area (Å²) in [6.07, 6.45) is 0. The van der Waals surface area contributed by atoms with Gasteiger partial charge in [-0.25, -0.2) is 4.68 Å². The molecule has 0 spiro atoms. The Morgan fingerprint density at radius 2 is 1.77 bits per heavy atom. The standard InChI is InChI=1S/C29H29N5O4S/c1-18-25(27(35)31-21-10-6-5-7-11-21)26(20-13-14-23(37-3)24(16-20)38-4)34-28(30-18)32-29(33-34)39-17-19-9-8-12-22(15-19)36-2/h5-16,26H,17H2,1-4H3,(H,31,35)(H,30,32,33). The van der Waals surface area contributed by atoms with Crippen molar-refractivity contribution in [2.45, 2.75) is 23.9 Å². The fraction of sp³-hybridized carbons (Fsp3) is 0.207. The van der Waals surface area contributed by atoms with Crippen molar-refractivity contribution in [2.75, 3.05) is 32.0 Å². The lowest BCUT2D eigenvalue weighted by atomic mass is 9.94. The van der Waals surface area contributed by atoms with Crippen LogP contribution in [0.15, 0.2) is 89.2 Å². The van der Waals surface area contributed by atoms with E-state index in [-0.39, 0.29) is 5.91 Å². The molecule has 9 nitrogen and oxygen atoms in total. The highest BCUT2D eigenvalue weighted by molar-refractivity contribution is 7.98. The summed E-state index contributed by atoms with van der Waals surface area (Å²) in [6, 6.07) is 22.3. The van der Waals surface area contributed by atoms with E-state index in [1.54, 1.807) is 26.0 Å². The number of hydrogen-bond donors (Lipinski definition) is 2. The summed E-state index contributed by atoms with van der Waals surface area (Å²) >= 11 is 1.51. The number of carbonyl (C=O) groups is 1. The number of nitrogens with zero attached hydrogens (tertiary/aromatic N) is 3. The van der Waals surface area contributed by atoms with Gasteiger partial charge in [-0.15, -0.1) is 5.10 Å². The largest absolute Gasteiger partial charge is 0.497 e. The average molecular weight is 544 g/mol. The Morgan fingerprint density at radius 1 is 0.974 bits per heavy atom. The second-order valence-electron chi connectivity index (χ2n) is 8.80. The number of para-hydroxylation sites is 1. The number of anilines is 2. The quantitative estimate of drug-likeness (QED) is 0.266. The van der Waals surface area contributed by atoms with Gasteiger partial charge in [0.2, 0.25) is 11.1 Å². The second kappa shape index (κ2) is 11.5. The maximum absolute atomic E-state index is 13.7. The van der Waals surface area contributed by atoms with E-state index >= 15 is 0 Å². The number of amides is 1. The lowest BCUT2D eigenvalue weighted by molar-refractivity contribution is -0.113. The summed E-state index contributed by atoms with van der Waals surface area (Å²) in [5.74, 6) is 2.93. The summed E-state index contributed by atoms with van der Waals surface area (Å²) in [4.78, 5) is 18.4. The van der Waals surface area contributed by atoms with Gasteiger partial charge in [0.1, 0.15) is 11.8 Å².